The Bertz CT molecular complexity index is 1000. The van der Waals surface area contributed by atoms with Crippen molar-refractivity contribution in [1.29, 1.82) is 0 Å². The molecule has 1 N–H and O–H groups in total. The third-order valence-electron chi connectivity index (χ3n) is 3.95. The van der Waals surface area contributed by atoms with Crippen molar-refractivity contribution >= 4 is 46.3 Å². The van der Waals surface area contributed by atoms with Crippen molar-refractivity contribution < 1.29 is 27.9 Å². The fourth-order valence-corrected chi connectivity index (χ4v) is 3.87. The molecule has 1 heterocycles. The van der Waals surface area contributed by atoms with Gasteiger partial charge in [0.25, 0.3) is 5.91 Å². The van der Waals surface area contributed by atoms with Crippen LogP contribution in [0.5, 0.6) is 0 Å². The molecule has 0 atom stereocenters. The Morgan fingerprint density at radius 1 is 1.18 bits per heavy atom. The number of carboxylic acids is 1. The van der Waals surface area contributed by atoms with Crippen molar-refractivity contribution in [2.75, 3.05) is 0 Å². The van der Waals surface area contributed by atoms with E-state index in [9.17, 15) is 27.9 Å². The molecular weight excluding hydrogens is 411 g/mol. The molecule has 1 aliphatic heterocycles. The van der Waals surface area contributed by atoms with Gasteiger partial charge in [-0.1, -0.05) is 54.3 Å². The zero-order valence-electron chi connectivity index (χ0n) is 14.1. The number of thioether (sulfide) groups is 1. The van der Waals surface area contributed by atoms with Crippen LogP contribution in [0.3, 0.4) is 0 Å². The Balaban J connectivity index is 1.86. The zero-order chi connectivity index (χ0) is 20.5. The molecule has 0 aliphatic carbocycles. The zero-order valence-corrected chi connectivity index (χ0v) is 15.7. The van der Waals surface area contributed by atoms with E-state index in [0.717, 1.165) is 23.9 Å². The van der Waals surface area contributed by atoms with Crippen molar-refractivity contribution in [2.45, 2.75) is 12.7 Å². The molecule has 0 saturated carbocycles. The van der Waals surface area contributed by atoms with Gasteiger partial charge in [0.2, 0.25) is 0 Å². The molecule has 0 aromatic heterocycles. The van der Waals surface area contributed by atoms with Crippen LogP contribution in [0, 0.1) is 0 Å². The average molecular weight is 423 g/mol. The molecule has 0 radical (unpaired) electrons. The first-order chi connectivity index (χ1) is 13.2. The summed E-state index contributed by atoms with van der Waals surface area (Å²) >= 11 is 6.17. The standard InChI is InChI=1S/C19H12F3NO3S2/c20-19(21,22)13-6-3-4-11(8-13)10-23-16(24)15(28-18(23)27)9-12-5-1-2-7-14(12)17(25)26/h1-9H,10H2,(H,25,26)/b15-9-. The number of benzene rings is 2. The second-order valence-corrected chi connectivity index (χ2v) is 7.53. The van der Waals surface area contributed by atoms with Gasteiger partial charge >= 0.3 is 12.1 Å². The van der Waals surface area contributed by atoms with E-state index in [1.807, 2.05) is 0 Å². The van der Waals surface area contributed by atoms with Crippen molar-refractivity contribution in [3.63, 3.8) is 0 Å². The van der Waals surface area contributed by atoms with Crippen LogP contribution in [0.25, 0.3) is 6.08 Å². The predicted molar refractivity (Wildman–Crippen MR) is 104 cm³/mol. The number of rotatable bonds is 4. The van der Waals surface area contributed by atoms with Crippen LogP contribution in [0.4, 0.5) is 13.2 Å². The summed E-state index contributed by atoms with van der Waals surface area (Å²) in [6, 6.07) is 10.9. The van der Waals surface area contributed by atoms with E-state index in [0.29, 0.717) is 11.1 Å². The minimum atomic E-state index is -4.48. The predicted octanol–water partition coefficient (Wildman–Crippen LogP) is 4.81. The van der Waals surface area contributed by atoms with Gasteiger partial charge in [-0.3, -0.25) is 9.69 Å². The largest absolute Gasteiger partial charge is 0.478 e. The van der Waals surface area contributed by atoms with Gasteiger partial charge in [0, 0.05) is 0 Å². The van der Waals surface area contributed by atoms with Gasteiger partial charge in [-0.15, -0.1) is 0 Å². The molecule has 2 aromatic rings. The van der Waals surface area contributed by atoms with Gasteiger partial charge in [0.15, 0.2) is 0 Å². The Morgan fingerprint density at radius 3 is 2.57 bits per heavy atom. The van der Waals surface area contributed by atoms with E-state index >= 15 is 0 Å². The SMILES string of the molecule is O=C(O)c1ccccc1/C=C1\SC(=S)N(Cc2cccc(C(F)(F)F)c2)C1=O. The highest BCUT2D eigenvalue weighted by Crippen LogP contribution is 2.35. The summed E-state index contributed by atoms with van der Waals surface area (Å²) in [7, 11) is 0. The van der Waals surface area contributed by atoms with Gasteiger partial charge in [-0.2, -0.15) is 13.2 Å². The van der Waals surface area contributed by atoms with Crippen molar-refractivity contribution in [3.05, 3.63) is 75.7 Å². The monoisotopic (exact) mass is 423 g/mol. The molecule has 2 aromatic carbocycles. The Labute approximate surface area is 167 Å². The number of hydrogen-bond acceptors (Lipinski definition) is 4. The first-order valence-electron chi connectivity index (χ1n) is 7.90. The molecule has 0 unspecified atom stereocenters. The van der Waals surface area contributed by atoms with Crippen LogP contribution in [-0.2, 0) is 17.5 Å². The Morgan fingerprint density at radius 2 is 1.89 bits per heavy atom. The minimum Gasteiger partial charge on any atom is -0.478 e. The van der Waals surface area contributed by atoms with Crippen LogP contribution in [0.1, 0.15) is 27.0 Å². The van der Waals surface area contributed by atoms with Crippen molar-refractivity contribution in [3.8, 4) is 0 Å². The third kappa shape index (κ3) is 4.26. The van der Waals surface area contributed by atoms with Crippen LogP contribution in [0.15, 0.2) is 53.4 Å². The second kappa shape index (κ2) is 7.76. The highest BCUT2D eigenvalue weighted by atomic mass is 32.2. The summed E-state index contributed by atoms with van der Waals surface area (Å²) in [4.78, 5) is 25.4. The first-order valence-corrected chi connectivity index (χ1v) is 9.13. The number of halogens is 3. The molecule has 9 heteroatoms. The number of aromatic carboxylic acids is 1. The van der Waals surface area contributed by atoms with Crippen LogP contribution >= 0.6 is 24.0 Å². The minimum absolute atomic E-state index is 0.0330. The van der Waals surface area contributed by atoms with Crippen LogP contribution < -0.4 is 0 Å². The molecule has 0 bridgehead atoms. The quantitative estimate of drug-likeness (QED) is 0.565. The normalized spacial score (nSPS) is 16.1. The molecule has 28 heavy (non-hydrogen) atoms. The molecule has 1 fully saturated rings. The van der Waals surface area contributed by atoms with Crippen molar-refractivity contribution in [1.82, 2.24) is 4.90 Å². The molecule has 4 nitrogen and oxygen atoms in total. The number of hydrogen-bond donors (Lipinski definition) is 1. The summed E-state index contributed by atoms with van der Waals surface area (Å²) in [6.45, 7) is -0.105. The number of nitrogens with zero attached hydrogens (tertiary/aromatic N) is 1. The lowest BCUT2D eigenvalue weighted by molar-refractivity contribution is -0.137. The highest BCUT2D eigenvalue weighted by Gasteiger charge is 2.34. The van der Waals surface area contributed by atoms with E-state index < -0.39 is 23.6 Å². The van der Waals surface area contributed by atoms with Crippen molar-refractivity contribution in [2.24, 2.45) is 0 Å². The summed E-state index contributed by atoms with van der Waals surface area (Å²) in [5, 5.41) is 9.25. The number of carbonyl (C=O) groups excluding carboxylic acids is 1. The van der Waals surface area contributed by atoms with E-state index in [-0.39, 0.29) is 21.3 Å². The van der Waals surface area contributed by atoms with E-state index in [2.05, 4.69) is 0 Å². The molecule has 1 saturated heterocycles. The number of carbonyl (C=O) groups is 2. The van der Waals surface area contributed by atoms with E-state index in [1.54, 1.807) is 18.2 Å². The third-order valence-corrected chi connectivity index (χ3v) is 5.32. The summed E-state index contributed by atoms with van der Waals surface area (Å²) < 4.78 is 38.8. The number of amides is 1. The van der Waals surface area contributed by atoms with Gasteiger partial charge in [-0.25, -0.2) is 4.79 Å². The van der Waals surface area contributed by atoms with E-state index in [4.69, 9.17) is 12.2 Å². The molecule has 1 amide bonds. The smallest absolute Gasteiger partial charge is 0.416 e. The Kier molecular flexibility index (Phi) is 5.57. The number of carboxylic acid groups (broad SMARTS) is 1. The topological polar surface area (TPSA) is 57.6 Å². The summed E-state index contributed by atoms with van der Waals surface area (Å²) in [5.41, 5.74) is -0.139. The van der Waals surface area contributed by atoms with Gasteiger partial charge < -0.3 is 5.11 Å². The number of alkyl halides is 3. The lowest BCUT2D eigenvalue weighted by Gasteiger charge is -2.15. The Hall–Kier alpha value is -2.65. The maximum atomic E-state index is 12.9. The first kappa shape index (κ1) is 20.1. The van der Waals surface area contributed by atoms with Crippen LogP contribution in [-0.4, -0.2) is 26.2 Å². The maximum absolute atomic E-state index is 12.9. The average Bonchev–Trinajstić information content (AvgIpc) is 2.89. The molecule has 144 valence electrons. The molecule has 0 spiro atoms. The fraction of sp³-hybridized carbons (Fsp3) is 0.105. The molecular formula is C19H12F3NO3S2. The van der Waals surface area contributed by atoms with Gasteiger partial charge in [-0.05, 0) is 35.4 Å². The van der Waals surface area contributed by atoms with E-state index in [1.165, 1.54) is 29.2 Å². The highest BCUT2D eigenvalue weighted by molar-refractivity contribution is 8.26. The lowest BCUT2D eigenvalue weighted by Crippen LogP contribution is -2.27. The lowest BCUT2D eigenvalue weighted by atomic mass is 10.1. The van der Waals surface area contributed by atoms with Gasteiger partial charge in [0.05, 0.1) is 22.6 Å². The van der Waals surface area contributed by atoms with Gasteiger partial charge in [0.1, 0.15) is 4.32 Å². The number of thiocarbonyl (C=S) groups is 1. The maximum Gasteiger partial charge on any atom is 0.416 e. The summed E-state index contributed by atoms with van der Waals surface area (Å²) in [5.74, 6) is -1.61. The molecule has 1 aliphatic rings. The van der Waals surface area contributed by atoms with Crippen LogP contribution in [0.2, 0.25) is 0 Å². The fourth-order valence-electron chi connectivity index (χ4n) is 2.62. The second-order valence-electron chi connectivity index (χ2n) is 5.86. The summed E-state index contributed by atoms with van der Waals surface area (Å²) in [6.07, 6.45) is -3.05. The molecule has 3 rings (SSSR count).